The number of benzene rings is 2. The molecule has 0 radical (unpaired) electrons. The number of carbonyl (C=O) groups is 2. The third-order valence-electron chi connectivity index (χ3n) is 5.19. The van der Waals surface area contributed by atoms with Gasteiger partial charge in [-0.15, -0.1) is 0 Å². The molecule has 1 N–H and O–H groups in total. The molecule has 0 aliphatic carbocycles. The zero-order chi connectivity index (χ0) is 23.5. The molecule has 32 heavy (non-hydrogen) atoms. The van der Waals surface area contributed by atoms with E-state index < -0.39 is 6.04 Å². The lowest BCUT2D eigenvalue weighted by Crippen LogP contribution is -2.47. The lowest BCUT2D eigenvalue weighted by molar-refractivity contribution is -0.140. The van der Waals surface area contributed by atoms with Gasteiger partial charge in [0.05, 0.1) is 13.2 Å². The van der Waals surface area contributed by atoms with Crippen molar-refractivity contribution in [3.05, 3.63) is 59.2 Å². The van der Waals surface area contributed by atoms with Gasteiger partial charge in [-0.05, 0) is 64.3 Å². The van der Waals surface area contributed by atoms with E-state index in [1.165, 1.54) is 0 Å². The fourth-order valence-corrected chi connectivity index (χ4v) is 3.56. The highest BCUT2D eigenvalue weighted by Gasteiger charge is 2.25. The molecule has 0 aliphatic heterocycles. The molecule has 2 aromatic rings. The minimum Gasteiger partial charge on any atom is -0.490 e. The van der Waals surface area contributed by atoms with Crippen molar-refractivity contribution in [3.8, 4) is 11.5 Å². The van der Waals surface area contributed by atoms with Gasteiger partial charge in [-0.2, -0.15) is 0 Å². The van der Waals surface area contributed by atoms with Gasteiger partial charge in [0.1, 0.15) is 6.04 Å². The zero-order valence-electron chi connectivity index (χ0n) is 19.9. The molecule has 0 saturated carbocycles. The fraction of sp³-hybridized carbons (Fsp3) is 0.462. The van der Waals surface area contributed by atoms with E-state index in [4.69, 9.17) is 9.47 Å². The molecule has 0 bridgehead atoms. The quantitative estimate of drug-likeness (QED) is 0.535. The van der Waals surface area contributed by atoms with Crippen LogP contribution >= 0.6 is 0 Å². The second-order valence-electron chi connectivity index (χ2n) is 7.73. The lowest BCUT2D eigenvalue weighted by atomic mass is 10.1. The van der Waals surface area contributed by atoms with E-state index in [1.54, 1.807) is 11.8 Å². The number of hydrogen-bond donors (Lipinski definition) is 1. The van der Waals surface area contributed by atoms with E-state index in [0.29, 0.717) is 50.6 Å². The van der Waals surface area contributed by atoms with Crippen molar-refractivity contribution in [1.82, 2.24) is 10.2 Å². The number of nitrogens with zero attached hydrogens (tertiary/aromatic N) is 1. The van der Waals surface area contributed by atoms with Crippen LogP contribution in [0, 0.1) is 6.92 Å². The van der Waals surface area contributed by atoms with Crippen molar-refractivity contribution in [3.63, 3.8) is 0 Å². The molecule has 2 rings (SSSR count). The van der Waals surface area contributed by atoms with Crippen LogP contribution in [0.2, 0.25) is 0 Å². The Balaban J connectivity index is 2.16. The summed E-state index contributed by atoms with van der Waals surface area (Å²) < 4.78 is 11.3. The highest BCUT2D eigenvalue weighted by Crippen LogP contribution is 2.29. The molecule has 0 spiro atoms. The summed E-state index contributed by atoms with van der Waals surface area (Å²) in [6.07, 6.45) is 0.854. The van der Waals surface area contributed by atoms with Crippen LogP contribution < -0.4 is 14.8 Å². The first-order valence-electron chi connectivity index (χ1n) is 11.4. The molecule has 0 aliphatic rings. The maximum absolute atomic E-state index is 13.2. The van der Waals surface area contributed by atoms with Crippen molar-refractivity contribution >= 4 is 11.8 Å². The number of ether oxygens (including phenoxy) is 2. The van der Waals surface area contributed by atoms with Crippen molar-refractivity contribution in [2.75, 3.05) is 19.8 Å². The SMILES string of the molecule is CCNC(=O)[C@H](C)N(Cc1cccc(C)c1)C(=O)CCc1ccc(OCC)c(OCC)c1. The average molecular weight is 441 g/mol. The van der Waals surface area contributed by atoms with E-state index in [2.05, 4.69) is 5.32 Å². The molecule has 1 atom stereocenters. The van der Waals surface area contributed by atoms with Gasteiger partial charge in [0.15, 0.2) is 11.5 Å². The highest BCUT2D eigenvalue weighted by atomic mass is 16.5. The largest absolute Gasteiger partial charge is 0.490 e. The van der Waals surface area contributed by atoms with Gasteiger partial charge in [-0.3, -0.25) is 9.59 Å². The van der Waals surface area contributed by atoms with E-state index in [-0.39, 0.29) is 11.8 Å². The van der Waals surface area contributed by atoms with Gasteiger partial charge in [-0.1, -0.05) is 35.9 Å². The lowest BCUT2D eigenvalue weighted by Gasteiger charge is -2.29. The summed E-state index contributed by atoms with van der Waals surface area (Å²) in [5.74, 6) is 1.19. The van der Waals surface area contributed by atoms with Gasteiger partial charge in [0, 0.05) is 19.5 Å². The zero-order valence-corrected chi connectivity index (χ0v) is 19.9. The number of carbonyl (C=O) groups excluding carboxylic acids is 2. The summed E-state index contributed by atoms with van der Waals surface area (Å²) in [5, 5.41) is 2.83. The topological polar surface area (TPSA) is 67.9 Å². The first-order valence-corrected chi connectivity index (χ1v) is 11.4. The van der Waals surface area contributed by atoms with Crippen LogP contribution in [0.4, 0.5) is 0 Å². The Morgan fingerprint density at radius 1 is 0.969 bits per heavy atom. The second kappa shape index (κ2) is 12.7. The van der Waals surface area contributed by atoms with E-state index in [0.717, 1.165) is 16.7 Å². The normalized spacial score (nSPS) is 11.5. The average Bonchev–Trinajstić information content (AvgIpc) is 2.77. The summed E-state index contributed by atoms with van der Waals surface area (Å²) in [5.41, 5.74) is 3.12. The summed E-state index contributed by atoms with van der Waals surface area (Å²) in [6.45, 7) is 11.6. The van der Waals surface area contributed by atoms with Crippen LogP contribution in [0.15, 0.2) is 42.5 Å². The monoisotopic (exact) mass is 440 g/mol. The first kappa shape index (κ1) is 25.2. The van der Waals surface area contributed by atoms with Gasteiger partial charge in [0.2, 0.25) is 11.8 Å². The summed E-state index contributed by atoms with van der Waals surface area (Å²) >= 11 is 0. The van der Waals surface area contributed by atoms with Crippen LogP contribution in [-0.4, -0.2) is 42.5 Å². The smallest absolute Gasteiger partial charge is 0.242 e. The number of likely N-dealkylation sites (N-methyl/N-ethyl adjacent to an activating group) is 1. The molecule has 0 heterocycles. The van der Waals surface area contributed by atoms with Crippen LogP contribution in [-0.2, 0) is 22.6 Å². The third kappa shape index (κ3) is 7.29. The van der Waals surface area contributed by atoms with Gasteiger partial charge < -0.3 is 19.7 Å². The van der Waals surface area contributed by atoms with Crippen molar-refractivity contribution in [2.24, 2.45) is 0 Å². The number of hydrogen-bond acceptors (Lipinski definition) is 4. The van der Waals surface area contributed by atoms with Crippen molar-refractivity contribution in [2.45, 2.75) is 60.0 Å². The summed E-state index contributed by atoms with van der Waals surface area (Å²) in [4.78, 5) is 27.4. The molecule has 174 valence electrons. The van der Waals surface area contributed by atoms with Gasteiger partial charge in [0.25, 0.3) is 0 Å². The highest BCUT2D eigenvalue weighted by molar-refractivity contribution is 5.87. The fourth-order valence-electron chi connectivity index (χ4n) is 3.56. The number of nitrogens with one attached hydrogen (secondary N) is 1. The minimum absolute atomic E-state index is 0.0582. The Labute approximate surface area is 191 Å². The van der Waals surface area contributed by atoms with Crippen LogP contribution in [0.25, 0.3) is 0 Å². The predicted octanol–water partition coefficient (Wildman–Crippen LogP) is 4.28. The molecule has 0 fully saturated rings. The van der Waals surface area contributed by atoms with Gasteiger partial charge in [-0.25, -0.2) is 0 Å². The summed E-state index contributed by atoms with van der Waals surface area (Å²) in [7, 11) is 0. The number of aryl methyl sites for hydroxylation is 2. The van der Waals surface area contributed by atoms with Gasteiger partial charge >= 0.3 is 0 Å². The van der Waals surface area contributed by atoms with Crippen LogP contribution in [0.3, 0.4) is 0 Å². The molecule has 6 nitrogen and oxygen atoms in total. The maximum atomic E-state index is 13.2. The Hall–Kier alpha value is -3.02. The molecular formula is C26H36N2O4. The Morgan fingerprint density at radius 3 is 2.34 bits per heavy atom. The van der Waals surface area contributed by atoms with E-state index in [9.17, 15) is 9.59 Å². The van der Waals surface area contributed by atoms with Crippen LogP contribution in [0.5, 0.6) is 11.5 Å². The standard InChI is InChI=1S/C26H36N2O4/c1-6-27-26(30)20(5)28(18-22-11-9-10-19(4)16-22)25(29)15-13-21-12-14-23(31-7-2)24(17-21)32-8-3/h9-12,14,16-17,20H,6-8,13,15,18H2,1-5H3,(H,27,30)/t20-/m0/s1. The summed E-state index contributed by atoms with van der Waals surface area (Å²) in [6, 6.07) is 13.2. The maximum Gasteiger partial charge on any atom is 0.242 e. The molecule has 0 aromatic heterocycles. The van der Waals surface area contributed by atoms with Crippen molar-refractivity contribution in [1.29, 1.82) is 0 Å². The Morgan fingerprint density at radius 2 is 1.69 bits per heavy atom. The van der Waals surface area contributed by atoms with Crippen LogP contribution in [0.1, 0.15) is 50.8 Å². The molecule has 2 aromatic carbocycles. The van der Waals surface area contributed by atoms with E-state index in [1.807, 2.05) is 70.2 Å². The number of rotatable bonds is 12. The Kier molecular flexibility index (Phi) is 10.1. The molecule has 0 saturated heterocycles. The number of amides is 2. The predicted molar refractivity (Wildman–Crippen MR) is 127 cm³/mol. The van der Waals surface area contributed by atoms with Crippen molar-refractivity contribution < 1.29 is 19.1 Å². The van der Waals surface area contributed by atoms with E-state index >= 15 is 0 Å². The first-order chi connectivity index (χ1) is 15.4. The molecule has 2 amide bonds. The second-order valence-corrected chi connectivity index (χ2v) is 7.73. The molecule has 6 heteroatoms. The molecular weight excluding hydrogens is 404 g/mol. The minimum atomic E-state index is -0.553. The molecule has 0 unspecified atom stereocenters. The third-order valence-corrected chi connectivity index (χ3v) is 5.19. The Bertz CT molecular complexity index is 897.